The van der Waals surface area contributed by atoms with Gasteiger partial charge < -0.3 is 5.11 Å². The van der Waals surface area contributed by atoms with E-state index < -0.39 is 0 Å². The summed E-state index contributed by atoms with van der Waals surface area (Å²) in [4.78, 5) is 0. The van der Waals surface area contributed by atoms with Crippen molar-refractivity contribution in [2.24, 2.45) is 0 Å². The van der Waals surface area contributed by atoms with Gasteiger partial charge in [0.05, 0.1) is 6.10 Å². The van der Waals surface area contributed by atoms with Crippen molar-refractivity contribution < 1.29 is 5.11 Å². The minimum Gasteiger partial charge on any atom is -0.389 e. The van der Waals surface area contributed by atoms with Crippen molar-refractivity contribution in [3.05, 3.63) is 34.7 Å². The summed E-state index contributed by atoms with van der Waals surface area (Å²) in [5.74, 6) is 0. The quantitative estimate of drug-likeness (QED) is 0.804. The number of hydrogen-bond acceptors (Lipinski definition) is 1. The normalized spacial score (nSPS) is 17.9. The van der Waals surface area contributed by atoms with E-state index in [1.165, 1.54) is 14.9 Å². The van der Waals surface area contributed by atoms with E-state index in [9.17, 15) is 5.11 Å². The van der Waals surface area contributed by atoms with Gasteiger partial charge in [0.15, 0.2) is 0 Å². The molecule has 1 unspecified atom stereocenters. The molecule has 1 aliphatic rings. The Morgan fingerprint density at radius 3 is 2.50 bits per heavy atom. The molecule has 0 heterocycles. The summed E-state index contributed by atoms with van der Waals surface area (Å²) >= 11 is 3.59. The van der Waals surface area contributed by atoms with Gasteiger partial charge in [0.25, 0.3) is 0 Å². The lowest BCUT2D eigenvalue weighted by molar-refractivity contribution is 0.248. The molecule has 0 bridgehead atoms. The van der Waals surface area contributed by atoms with E-state index in [0.717, 1.165) is 18.4 Å². The first-order valence-electron chi connectivity index (χ1n) is 4.85. The van der Waals surface area contributed by atoms with Crippen LogP contribution in [0.15, 0.2) is 24.3 Å². The summed E-state index contributed by atoms with van der Waals surface area (Å²) < 4.78 is 1.25. The van der Waals surface area contributed by atoms with E-state index >= 15 is 0 Å². The van der Waals surface area contributed by atoms with E-state index in [1.54, 1.807) is 0 Å². The van der Waals surface area contributed by atoms with Crippen LogP contribution in [0.3, 0.4) is 0 Å². The molecule has 2 rings (SSSR count). The van der Waals surface area contributed by atoms with Gasteiger partial charge in [-0.2, -0.15) is 0 Å². The number of aliphatic hydroxyl groups is 1. The Hall–Kier alpha value is -0.600. The molecule has 0 saturated heterocycles. The number of fused-ring (bicyclic) bond motifs is 1. The standard InChI is InChI=1S/C12H13BrO/c1-8(14)9-6-7-12(13)11-5-3-2-4-10(9)11/h2-5,8,14H,6-7H2,1H3. The van der Waals surface area contributed by atoms with Crippen LogP contribution in [0, 0.1) is 0 Å². The van der Waals surface area contributed by atoms with Gasteiger partial charge in [-0.25, -0.2) is 0 Å². The van der Waals surface area contributed by atoms with E-state index in [-0.39, 0.29) is 6.10 Å². The molecule has 1 nitrogen and oxygen atoms in total. The lowest BCUT2D eigenvalue weighted by Gasteiger charge is -2.15. The molecule has 0 radical (unpaired) electrons. The van der Waals surface area contributed by atoms with Gasteiger partial charge in [-0.05, 0) is 35.8 Å². The second-order valence-electron chi connectivity index (χ2n) is 3.65. The van der Waals surface area contributed by atoms with Crippen molar-refractivity contribution in [2.45, 2.75) is 25.9 Å². The maximum absolute atomic E-state index is 9.65. The van der Waals surface area contributed by atoms with Crippen molar-refractivity contribution in [1.82, 2.24) is 0 Å². The first-order valence-corrected chi connectivity index (χ1v) is 5.64. The number of rotatable bonds is 1. The van der Waals surface area contributed by atoms with Crippen LogP contribution in [0.2, 0.25) is 0 Å². The molecule has 0 spiro atoms. The van der Waals surface area contributed by atoms with E-state index in [2.05, 4.69) is 28.1 Å². The van der Waals surface area contributed by atoms with E-state index in [1.807, 2.05) is 19.1 Å². The highest BCUT2D eigenvalue weighted by molar-refractivity contribution is 9.14. The second kappa shape index (κ2) is 3.87. The van der Waals surface area contributed by atoms with Gasteiger partial charge >= 0.3 is 0 Å². The fraction of sp³-hybridized carbons (Fsp3) is 0.333. The molecule has 0 fully saturated rings. The average Bonchev–Trinajstić information content (AvgIpc) is 2.18. The summed E-state index contributed by atoms with van der Waals surface area (Å²) in [7, 11) is 0. The smallest absolute Gasteiger partial charge is 0.0731 e. The van der Waals surface area contributed by atoms with Gasteiger partial charge in [0, 0.05) is 4.48 Å². The molecule has 0 aromatic heterocycles. The number of aliphatic hydroxyl groups excluding tert-OH is 1. The molecule has 1 atom stereocenters. The van der Waals surface area contributed by atoms with Crippen LogP contribution < -0.4 is 10.4 Å². The molecule has 0 saturated carbocycles. The SMILES string of the molecule is CC(O)C1=c2ccccc2=C(Br)CC1. The predicted octanol–water partition coefficient (Wildman–Crippen LogP) is 1.52. The third-order valence-electron chi connectivity index (χ3n) is 2.68. The number of benzene rings is 1. The molecule has 0 aliphatic heterocycles. The van der Waals surface area contributed by atoms with Gasteiger partial charge in [0.1, 0.15) is 0 Å². The van der Waals surface area contributed by atoms with Crippen LogP contribution in [-0.4, -0.2) is 11.2 Å². The Morgan fingerprint density at radius 2 is 1.86 bits per heavy atom. The Labute approximate surface area is 91.9 Å². The molecule has 2 heteroatoms. The van der Waals surface area contributed by atoms with E-state index in [4.69, 9.17) is 0 Å². The highest BCUT2D eigenvalue weighted by Crippen LogP contribution is 2.21. The molecule has 0 amide bonds. The lowest BCUT2D eigenvalue weighted by atomic mass is 9.96. The van der Waals surface area contributed by atoms with Gasteiger partial charge in [-0.3, -0.25) is 0 Å². The minimum absolute atomic E-state index is 0.336. The molecular formula is C12H13BrO. The maximum Gasteiger partial charge on any atom is 0.0731 e. The van der Waals surface area contributed by atoms with Crippen molar-refractivity contribution in [2.75, 3.05) is 0 Å². The number of halogens is 1. The first kappa shape index (κ1) is 9.94. The average molecular weight is 253 g/mol. The lowest BCUT2D eigenvalue weighted by Crippen LogP contribution is -2.33. The summed E-state index contributed by atoms with van der Waals surface area (Å²) in [6.07, 6.45) is 1.61. The maximum atomic E-state index is 9.65. The fourth-order valence-electron chi connectivity index (χ4n) is 1.95. The third-order valence-corrected chi connectivity index (χ3v) is 3.51. The van der Waals surface area contributed by atoms with Crippen LogP contribution in [0.1, 0.15) is 19.8 Å². The van der Waals surface area contributed by atoms with Crippen LogP contribution >= 0.6 is 15.9 Å². The highest BCUT2D eigenvalue weighted by atomic mass is 79.9. The summed E-state index contributed by atoms with van der Waals surface area (Å²) in [5, 5.41) is 12.1. The number of hydrogen-bond donors (Lipinski definition) is 1. The molecular weight excluding hydrogens is 240 g/mol. The zero-order valence-corrected chi connectivity index (χ0v) is 9.71. The first-order chi connectivity index (χ1) is 6.70. The van der Waals surface area contributed by atoms with E-state index in [0.29, 0.717) is 0 Å². The van der Waals surface area contributed by atoms with Crippen LogP contribution in [0.25, 0.3) is 10.1 Å². The van der Waals surface area contributed by atoms with Crippen molar-refractivity contribution in [3.63, 3.8) is 0 Å². The molecule has 1 aromatic carbocycles. The molecule has 1 aliphatic carbocycles. The Balaban J connectivity index is 2.83. The van der Waals surface area contributed by atoms with Crippen molar-refractivity contribution in [3.8, 4) is 0 Å². The molecule has 1 aromatic rings. The van der Waals surface area contributed by atoms with Crippen LogP contribution in [-0.2, 0) is 0 Å². The molecule has 1 N–H and O–H groups in total. The van der Waals surface area contributed by atoms with Crippen LogP contribution in [0.5, 0.6) is 0 Å². The fourth-order valence-corrected chi connectivity index (χ4v) is 2.49. The minimum atomic E-state index is -0.336. The van der Waals surface area contributed by atoms with Crippen molar-refractivity contribution >= 4 is 26.0 Å². The van der Waals surface area contributed by atoms with Crippen LogP contribution in [0.4, 0.5) is 0 Å². The predicted molar refractivity (Wildman–Crippen MR) is 62.3 cm³/mol. The van der Waals surface area contributed by atoms with Crippen molar-refractivity contribution in [1.29, 1.82) is 0 Å². The zero-order chi connectivity index (χ0) is 10.1. The molecule has 74 valence electrons. The summed E-state index contributed by atoms with van der Waals surface area (Å²) in [5.41, 5.74) is 1.16. The van der Waals surface area contributed by atoms with Gasteiger partial charge in [-0.15, -0.1) is 0 Å². The zero-order valence-electron chi connectivity index (χ0n) is 8.13. The Bertz CT molecular complexity index is 459. The highest BCUT2D eigenvalue weighted by Gasteiger charge is 2.12. The Kier molecular flexibility index (Phi) is 2.75. The third kappa shape index (κ3) is 1.64. The van der Waals surface area contributed by atoms with Gasteiger partial charge in [0.2, 0.25) is 0 Å². The largest absolute Gasteiger partial charge is 0.389 e. The Morgan fingerprint density at radius 1 is 1.21 bits per heavy atom. The second-order valence-corrected chi connectivity index (χ2v) is 4.61. The summed E-state index contributed by atoms with van der Waals surface area (Å²) in [6, 6.07) is 8.23. The topological polar surface area (TPSA) is 20.2 Å². The monoisotopic (exact) mass is 252 g/mol. The summed E-state index contributed by atoms with van der Waals surface area (Å²) in [6.45, 7) is 1.84. The van der Waals surface area contributed by atoms with Gasteiger partial charge in [-0.1, -0.05) is 40.2 Å². The molecule has 14 heavy (non-hydrogen) atoms.